The average Bonchev–Trinajstić information content (AvgIpc) is 2.32. The second kappa shape index (κ2) is 5.39. The van der Waals surface area contributed by atoms with E-state index in [4.69, 9.17) is 4.74 Å². The molecule has 18 heavy (non-hydrogen) atoms. The second-order valence-corrected chi connectivity index (χ2v) is 3.69. The molecule has 1 aromatic carbocycles. The Bertz CT molecular complexity index is 442. The number of alkyl carbamates (subject to hydrolysis) is 1. The van der Waals surface area contributed by atoms with Gasteiger partial charge in [-0.1, -0.05) is 12.1 Å². The summed E-state index contributed by atoms with van der Waals surface area (Å²) in [5.41, 5.74) is 0.283. The summed E-state index contributed by atoms with van der Waals surface area (Å²) in [6.45, 7) is -0.916. The number of carbonyl (C=O) groups is 1. The van der Waals surface area contributed by atoms with E-state index in [2.05, 4.69) is 10.1 Å². The topological polar surface area (TPSA) is 47.6 Å². The number of hydrogen-bond acceptors (Lipinski definition) is 3. The highest BCUT2D eigenvalue weighted by atomic mass is 35.5. The van der Waals surface area contributed by atoms with Crippen LogP contribution in [0.3, 0.4) is 0 Å². The molecule has 1 atom stereocenters. The van der Waals surface area contributed by atoms with E-state index in [0.717, 1.165) is 0 Å². The third-order valence-electron chi connectivity index (χ3n) is 2.51. The van der Waals surface area contributed by atoms with Gasteiger partial charge in [-0.05, 0) is 17.7 Å². The lowest BCUT2D eigenvalue weighted by Crippen LogP contribution is -2.49. The van der Waals surface area contributed by atoms with Gasteiger partial charge in [0.05, 0.1) is 7.11 Å². The minimum absolute atomic E-state index is 0. The van der Waals surface area contributed by atoms with Gasteiger partial charge in [-0.25, -0.2) is 13.6 Å². The van der Waals surface area contributed by atoms with Crippen molar-refractivity contribution in [1.82, 2.24) is 5.32 Å². The number of ether oxygens (including phenoxy) is 2. The van der Waals surface area contributed by atoms with E-state index in [0.29, 0.717) is 5.75 Å². The zero-order chi connectivity index (χ0) is 12.5. The van der Waals surface area contributed by atoms with Crippen molar-refractivity contribution in [3.05, 3.63) is 29.8 Å². The Kier molecular flexibility index (Phi) is 4.34. The number of halogens is 3. The van der Waals surface area contributed by atoms with Crippen molar-refractivity contribution in [3.63, 3.8) is 0 Å². The molecule has 0 saturated carbocycles. The molecule has 0 radical (unpaired) electrons. The van der Waals surface area contributed by atoms with E-state index in [9.17, 15) is 13.6 Å². The van der Waals surface area contributed by atoms with E-state index in [1.54, 1.807) is 12.1 Å². The van der Waals surface area contributed by atoms with Gasteiger partial charge in [-0.3, -0.25) is 0 Å². The maximum atomic E-state index is 13.6. The van der Waals surface area contributed by atoms with Crippen molar-refractivity contribution >= 4 is 18.5 Å². The minimum atomic E-state index is -3.14. The quantitative estimate of drug-likeness (QED) is 0.905. The summed E-state index contributed by atoms with van der Waals surface area (Å²) in [4.78, 5) is 11.0. The van der Waals surface area contributed by atoms with Crippen LogP contribution in [0.5, 0.6) is 5.75 Å². The van der Waals surface area contributed by atoms with Crippen molar-refractivity contribution in [2.75, 3.05) is 13.7 Å². The molecule has 100 valence electrons. The number of cyclic esters (lactones) is 1. The van der Waals surface area contributed by atoms with E-state index < -0.39 is 24.7 Å². The Balaban J connectivity index is 0.00000162. The first-order chi connectivity index (χ1) is 8.03. The molecule has 0 bridgehead atoms. The Morgan fingerprint density at radius 1 is 1.50 bits per heavy atom. The van der Waals surface area contributed by atoms with Crippen LogP contribution in [-0.2, 0) is 4.74 Å². The highest BCUT2D eigenvalue weighted by Gasteiger charge is 2.46. The van der Waals surface area contributed by atoms with Crippen LogP contribution in [0.4, 0.5) is 13.6 Å². The van der Waals surface area contributed by atoms with E-state index in [1.165, 1.54) is 19.2 Å². The van der Waals surface area contributed by atoms with E-state index in [1.807, 2.05) is 0 Å². The summed E-state index contributed by atoms with van der Waals surface area (Å²) in [7, 11) is 1.44. The smallest absolute Gasteiger partial charge is 0.408 e. The number of hydrogen-bond donors (Lipinski definition) is 1. The SMILES string of the molecule is COc1cccc([C@H]2NC(=O)OCC2(F)F)c1.Cl. The van der Waals surface area contributed by atoms with Crippen LogP contribution < -0.4 is 10.1 Å². The number of methoxy groups -OCH3 is 1. The molecule has 1 aliphatic heterocycles. The molecule has 1 N–H and O–H groups in total. The first-order valence-electron chi connectivity index (χ1n) is 4.98. The largest absolute Gasteiger partial charge is 0.497 e. The summed E-state index contributed by atoms with van der Waals surface area (Å²) >= 11 is 0. The van der Waals surface area contributed by atoms with Crippen LogP contribution in [0.25, 0.3) is 0 Å². The maximum Gasteiger partial charge on any atom is 0.408 e. The van der Waals surface area contributed by atoms with Gasteiger partial charge >= 0.3 is 12.0 Å². The monoisotopic (exact) mass is 279 g/mol. The molecule has 4 nitrogen and oxygen atoms in total. The van der Waals surface area contributed by atoms with Gasteiger partial charge < -0.3 is 14.8 Å². The van der Waals surface area contributed by atoms with Crippen LogP contribution in [0, 0.1) is 0 Å². The van der Waals surface area contributed by atoms with Crippen molar-refractivity contribution in [2.24, 2.45) is 0 Å². The molecule has 7 heteroatoms. The fourth-order valence-electron chi connectivity index (χ4n) is 1.66. The van der Waals surface area contributed by atoms with Gasteiger partial charge in [0.15, 0.2) is 6.61 Å². The molecule has 1 fully saturated rings. The molecule has 1 aliphatic rings. The molecular formula is C11H12ClF2NO3. The van der Waals surface area contributed by atoms with Gasteiger partial charge in [0, 0.05) is 0 Å². The Hall–Kier alpha value is -1.56. The Morgan fingerprint density at radius 3 is 2.89 bits per heavy atom. The summed E-state index contributed by atoms with van der Waals surface area (Å²) in [6, 6.07) is 4.81. The zero-order valence-electron chi connectivity index (χ0n) is 9.48. The number of nitrogens with one attached hydrogen (secondary N) is 1. The Morgan fingerprint density at radius 2 is 2.22 bits per heavy atom. The fourth-order valence-corrected chi connectivity index (χ4v) is 1.66. The molecule has 1 amide bonds. The standard InChI is InChI=1S/C11H11F2NO3.ClH/c1-16-8-4-2-3-7(5-8)9-11(12,13)6-17-10(15)14-9;/h2-5,9H,6H2,1H3,(H,14,15);1H/t9-;/m1./s1. The molecule has 1 saturated heterocycles. The van der Waals surface area contributed by atoms with Crippen molar-refractivity contribution in [2.45, 2.75) is 12.0 Å². The summed E-state index contributed by atoms with van der Waals surface area (Å²) in [5, 5.41) is 2.11. The highest BCUT2D eigenvalue weighted by molar-refractivity contribution is 5.85. The number of amides is 1. The van der Waals surface area contributed by atoms with Crippen molar-refractivity contribution in [3.8, 4) is 5.75 Å². The van der Waals surface area contributed by atoms with Crippen LogP contribution in [0.2, 0.25) is 0 Å². The highest BCUT2D eigenvalue weighted by Crippen LogP contribution is 2.35. The average molecular weight is 280 g/mol. The predicted octanol–water partition coefficient (Wildman–Crippen LogP) is 2.53. The van der Waals surface area contributed by atoms with Crippen LogP contribution in [0.15, 0.2) is 24.3 Å². The molecular weight excluding hydrogens is 268 g/mol. The number of carbonyl (C=O) groups excluding carboxylic acids is 1. The van der Waals surface area contributed by atoms with Crippen LogP contribution in [0.1, 0.15) is 11.6 Å². The van der Waals surface area contributed by atoms with Crippen LogP contribution in [-0.4, -0.2) is 25.7 Å². The van der Waals surface area contributed by atoms with Gasteiger partial charge in [0.1, 0.15) is 11.8 Å². The van der Waals surface area contributed by atoms with E-state index >= 15 is 0 Å². The van der Waals surface area contributed by atoms with Gasteiger partial charge in [-0.15, -0.1) is 12.4 Å². The lowest BCUT2D eigenvalue weighted by atomic mass is 10.00. The lowest BCUT2D eigenvalue weighted by Gasteiger charge is -2.31. The molecule has 1 heterocycles. The maximum absolute atomic E-state index is 13.6. The van der Waals surface area contributed by atoms with Crippen molar-refractivity contribution in [1.29, 1.82) is 0 Å². The normalized spacial score (nSPS) is 21.3. The molecule has 2 rings (SSSR count). The summed E-state index contributed by atoms with van der Waals surface area (Å²) in [5.74, 6) is -2.68. The molecule has 0 spiro atoms. The van der Waals surface area contributed by atoms with E-state index in [-0.39, 0.29) is 18.0 Å². The number of alkyl halides is 2. The summed E-state index contributed by atoms with van der Waals surface area (Å²) in [6.07, 6.45) is -0.844. The number of benzene rings is 1. The molecule has 0 aromatic heterocycles. The Labute approximate surface area is 109 Å². The molecule has 1 aromatic rings. The molecule has 0 aliphatic carbocycles. The van der Waals surface area contributed by atoms with Crippen molar-refractivity contribution < 1.29 is 23.0 Å². The number of rotatable bonds is 2. The van der Waals surface area contributed by atoms with Gasteiger partial charge in [0.25, 0.3) is 0 Å². The van der Waals surface area contributed by atoms with Gasteiger partial charge in [0.2, 0.25) is 0 Å². The predicted molar refractivity (Wildman–Crippen MR) is 62.4 cm³/mol. The minimum Gasteiger partial charge on any atom is -0.497 e. The third-order valence-corrected chi connectivity index (χ3v) is 2.51. The molecule has 0 unspecified atom stereocenters. The first kappa shape index (κ1) is 14.5. The first-order valence-corrected chi connectivity index (χ1v) is 4.98. The second-order valence-electron chi connectivity index (χ2n) is 3.69. The zero-order valence-corrected chi connectivity index (χ0v) is 10.3. The fraction of sp³-hybridized carbons (Fsp3) is 0.364. The van der Waals surface area contributed by atoms with Crippen LogP contribution >= 0.6 is 12.4 Å². The van der Waals surface area contributed by atoms with Gasteiger partial charge in [-0.2, -0.15) is 0 Å². The lowest BCUT2D eigenvalue weighted by molar-refractivity contribution is -0.104. The summed E-state index contributed by atoms with van der Waals surface area (Å²) < 4.78 is 36.4. The third kappa shape index (κ3) is 2.81.